The molecule has 1 rings (SSSR count). The summed E-state index contributed by atoms with van der Waals surface area (Å²) < 4.78 is 5.30. The van der Waals surface area contributed by atoms with Gasteiger partial charge in [0.05, 0.1) is 0 Å². The fourth-order valence-corrected chi connectivity index (χ4v) is 1.54. The Bertz CT molecular complexity index is 348. The number of ether oxygens (including phenoxy) is 1. The Hall–Kier alpha value is -1.29. The molecule has 76 valence electrons. The van der Waals surface area contributed by atoms with Crippen molar-refractivity contribution in [2.75, 3.05) is 6.61 Å². The second-order valence-corrected chi connectivity index (χ2v) is 3.93. The van der Waals surface area contributed by atoms with Gasteiger partial charge in [0.1, 0.15) is 12.4 Å². The molecule has 14 heavy (non-hydrogen) atoms. The molecule has 4 heteroatoms. The third-order valence-corrected chi connectivity index (χ3v) is 2.44. The highest BCUT2D eigenvalue weighted by Gasteiger charge is 2.11. The van der Waals surface area contributed by atoms with Crippen LogP contribution in [0.4, 0.5) is 0 Å². The normalized spacial score (nSPS) is 9.57. The van der Waals surface area contributed by atoms with E-state index in [0.29, 0.717) is 12.4 Å². The maximum atomic E-state index is 10.7. The molecule has 0 aliphatic heterocycles. The SMILES string of the molecule is CC(C)=CCOc1ccsc1C(=O)O. The molecule has 1 aromatic heterocycles. The van der Waals surface area contributed by atoms with Crippen LogP contribution in [0.15, 0.2) is 23.1 Å². The van der Waals surface area contributed by atoms with Crippen molar-refractivity contribution in [3.05, 3.63) is 28.0 Å². The van der Waals surface area contributed by atoms with E-state index in [4.69, 9.17) is 9.84 Å². The third kappa shape index (κ3) is 2.88. The summed E-state index contributed by atoms with van der Waals surface area (Å²) >= 11 is 1.17. The molecule has 1 N–H and O–H groups in total. The van der Waals surface area contributed by atoms with Gasteiger partial charge in [0.15, 0.2) is 4.88 Å². The van der Waals surface area contributed by atoms with Crippen molar-refractivity contribution in [2.45, 2.75) is 13.8 Å². The summed E-state index contributed by atoms with van der Waals surface area (Å²) in [5.74, 6) is -0.493. The van der Waals surface area contributed by atoms with Gasteiger partial charge in [-0.15, -0.1) is 11.3 Å². The van der Waals surface area contributed by atoms with Gasteiger partial charge in [0, 0.05) is 0 Å². The number of carbonyl (C=O) groups is 1. The largest absolute Gasteiger partial charge is 0.488 e. The second kappa shape index (κ2) is 4.81. The van der Waals surface area contributed by atoms with Gasteiger partial charge in [-0.3, -0.25) is 0 Å². The molecule has 1 heterocycles. The van der Waals surface area contributed by atoms with Crippen LogP contribution in [-0.2, 0) is 0 Å². The Balaban J connectivity index is 2.63. The molecule has 0 radical (unpaired) electrons. The smallest absolute Gasteiger partial charge is 0.349 e. The lowest BCUT2D eigenvalue weighted by Crippen LogP contribution is -1.99. The summed E-state index contributed by atoms with van der Waals surface area (Å²) in [6.45, 7) is 4.35. The van der Waals surface area contributed by atoms with Gasteiger partial charge in [-0.25, -0.2) is 4.79 Å². The van der Waals surface area contributed by atoms with E-state index in [2.05, 4.69) is 0 Å². The first kappa shape index (κ1) is 10.8. The number of thiophene rings is 1. The number of carboxylic acids is 1. The minimum atomic E-state index is -0.938. The summed E-state index contributed by atoms with van der Waals surface area (Å²) in [4.78, 5) is 11.0. The Morgan fingerprint density at radius 1 is 1.64 bits per heavy atom. The van der Waals surface area contributed by atoms with Crippen LogP contribution in [0.3, 0.4) is 0 Å². The molecule has 0 spiro atoms. The van der Waals surface area contributed by atoms with Crippen LogP contribution in [0.5, 0.6) is 5.75 Å². The average molecular weight is 212 g/mol. The lowest BCUT2D eigenvalue weighted by atomic mass is 10.3. The molecular formula is C10H12O3S. The zero-order valence-corrected chi connectivity index (χ0v) is 8.93. The van der Waals surface area contributed by atoms with E-state index in [0.717, 1.165) is 5.57 Å². The number of hydrogen-bond donors (Lipinski definition) is 1. The predicted molar refractivity (Wildman–Crippen MR) is 56.2 cm³/mol. The highest BCUT2D eigenvalue weighted by molar-refractivity contribution is 7.12. The van der Waals surface area contributed by atoms with Crippen LogP contribution < -0.4 is 4.74 Å². The topological polar surface area (TPSA) is 46.5 Å². The summed E-state index contributed by atoms with van der Waals surface area (Å²) in [5, 5.41) is 10.5. The van der Waals surface area contributed by atoms with Gasteiger partial charge < -0.3 is 9.84 Å². The fourth-order valence-electron chi connectivity index (χ4n) is 0.865. The van der Waals surface area contributed by atoms with E-state index in [1.165, 1.54) is 11.3 Å². The molecule has 0 aliphatic carbocycles. The zero-order valence-electron chi connectivity index (χ0n) is 8.11. The molecule has 1 aromatic rings. The van der Waals surface area contributed by atoms with Gasteiger partial charge >= 0.3 is 5.97 Å². The molecule has 0 unspecified atom stereocenters. The predicted octanol–water partition coefficient (Wildman–Crippen LogP) is 2.79. The monoisotopic (exact) mass is 212 g/mol. The van der Waals surface area contributed by atoms with Crippen LogP contribution >= 0.6 is 11.3 Å². The van der Waals surface area contributed by atoms with Gasteiger partial charge in [0.2, 0.25) is 0 Å². The highest BCUT2D eigenvalue weighted by Crippen LogP contribution is 2.24. The first-order valence-corrected chi connectivity index (χ1v) is 5.06. The number of aromatic carboxylic acids is 1. The van der Waals surface area contributed by atoms with Gasteiger partial charge in [-0.1, -0.05) is 5.57 Å². The van der Waals surface area contributed by atoms with Gasteiger partial charge in [-0.05, 0) is 31.4 Å². The Morgan fingerprint density at radius 2 is 2.36 bits per heavy atom. The van der Waals surface area contributed by atoms with E-state index >= 15 is 0 Å². The zero-order chi connectivity index (χ0) is 10.6. The molecular weight excluding hydrogens is 200 g/mol. The Kier molecular flexibility index (Phi) is 3.71. The summed E-state index contributed by atoms with van der Waals surface area (Å²) in [7, 11) is 0. The van der Waals surface area contributed by atoms with E-state index in [9.17, 15) is 4.79 Å². The molecule has 0 saturated carbocycles. The molecule has 0 aromatic carbocycles. The van der Waals surface area contributed by atoms with Crippen molar-refractivity contribution in [3.8, 4) is 5.75 Å². The minimum absolute atomic E-state index is 0.257. The van der Waals surface area contributed by atoms with Crippen molar-refractivity contribution in [2.24, 2.45) is 0 Å². The van der Waals surface area contributed by atoms with Crippen LogP contribution in [0.1, 0.15) is 23.5 Å². The van der Waals surface area contributed by atoms with Gasteiger partial charge in [-0.2, -0.15) is 0 Å². The van der Waals surface area contributed by atoms with E-state index in [1.54, 1.807) is 11.4 Å². The molecule has 0 amide bonds. The third-order valence-electron chi connectivity index (χ3n) is 1.55. The lowest BCUT2D eigenvalue weighted by Gasteiger charge is -2.01. The molecule has 0 bridgehead atoms. The Morgan fingerprint density at radius 3 is 2.93 bits per heavy atom. The van der Waals surface area contributed by atoms with Crippen molar-refractivity contribution in [1.29, 1.82) is 0 Å². The molecule has 0 saturated heterocycles. The van der Waals surface area contributed by atoms with E-state index in [-0.39, 0.29) is 4.88 Å². The summed E-state index contributed by atoms with van der Waals surface area (Å²) in [5.41, 5.74) is 1.15. The minimum Gasteiger partial charge on any atom is -0.488 e. The van der Waals surface area contributed by atoms with Crippen molar-refractivity contribution in [3.63, 3.8) is 0 Å². The number of allylic oxidation sites excluding steroid dienone is 1. The van der Waals surface area contributed by atoms with Crippen molar-refractivity contribution >= 4 is 17.3 Å². The van der Waals surface area contributed by atoms with Crippen LogP contribution in [-0.4, -0.2) is 17.7 Å². The van der Waals surface area contributed by atoms with Crippen molar-refractivity contribution in [1.82, 2.24) is 0 Å². The lowest BCUT2D eigenvalue weighted by molar-refractivity contribution is 0.0698. The number of carboxylic acid groups (broad SMARTS) is 1. The fraction of sp³-hybridized carbons (Fsp3) is 0.300. The maximum absolute atomic E-state index is 10.7. The number of hydrogen-bond acceptors (Lipinski definition) is 3. The molecule has 0 atom stereocenters. The first-order valence-electron chi connectivity index (χ1n) is 4.18. The maximum Gasteiger partial charge on any atom is 0.349 e. The van der Waals surface area contributed by atoms with Crippen LogP contribution in [0.2, 0.25) is 0 Å². The molecule has 0 aliphatic rings. The Labute approximate surface area is 86.6 Å². The summed E-state index contributed by atoms with van der Waals surface area (Å²) in [6, 6.07) is 1.67. The summed E-state index contributed by atoms with van der Waals surface area (Å²) in [6.07, 6.45) is 1.91. The molecule has 3 nitrogen and oxygen atoms in total. The van der Waals surface area contributed by atoms with Crippen LogP contribution in [0, 0.1) is 0 Å². The number of rotatable bonds is 4. The van der Waals surface area contributed by atoms with Crippen molar-refractivity contribution < 1.29 is 14.6 Å². The van der Waals surface area contributed by atoms with Crippen LogP contribution in [0.25, 0.3) is 0 Å². The highest BCUT2D eigenvalue weighted by atomic mass is 32.1. The van der Waals surface area contributed by atoms with E-state index < -0.39 is 5.97 Å². The quantitative estimate of drug-likeness (QED) is 0.780. The average Bonchev–Trinajstić information content (AvgIpc) is 2.51. The standard InChI is InChI=1S/C10H12O3S/c1-7(2)3-5-13-8-4-6-14-9(8)10(11)12/h3-4,6H,5H2,1-2H3,(H,11,12). The van der Waals surface area contributed by atoms with Gasteiger partial charge in [0.25, 0.3) is 0 Å². The molecule has 0 fully saturated rings. The first-order chi connectivity index (χ1) is 6.61. The van der Waals surface area contributed by atoms with E-state index in [1.807, 2.05) is 19.9 Å². The second-order valence-electron chi connectivity index (χ2n) is 3.01.